The van der Waals surface area contributed by atoms with Crippen molar-refractivity contribution in [3.05, 3.63) is 18.0 Å². The van der Waals surface area contributed by atoms with E-state index in [1.165, 1.54) is 0 Å². The highest BCUT2D eigenvalue weighted by Crippen LogP contribution is 2.22. The van der Waals surface area contributed by atoms with Crippen LogP contribution in [-0.2, 0) is 9.47 Å². The third-order valence-electron chi connectivity index (χ3n) is 3.52. The average Bonchev–Trinajstić information content (AvgIpc) is 2.49. The first-order valence-electron chi connectivity index (χ1n) is 6.82. The SMILES string of the molecule is Br.CN1CCN(c2nccc(C3OCCCO3)n2)CC1. The van der Waals surface area contributed by atoms with Gasteiger partial charge in [-0.3, -0.25) is 0 Å². The highest BCUT2D eigenvalue weighted by molar-refractivity contribution is 8.93. The van der Waals surface area contributed by atoms with E-state index in [1.807, 2.05) is 6.07 Å². The van der Waals surface area contributed by atoms with Crippen molar-refractivity contribution >= 4 is 22.9 Å². The highest BCUT2D eigenvalue weighted by Gasteiger charge is 2.21. The van der Waals surface area contributed by atoms with Gasteiger partial charge in [0.15, 0.2) is 0 Å². The summed E-state index contributed by atoms with van der Waals surface area (Å²) in [5.41, 5.74) is 0.823. The fourth-order valence-corrected chi connectivity index (χ4v) is 2.31. The maximum Gasteiger partial charge on any atom is 0.225 e. The topological polar surface area (TPSA) is 50.7 Å². The van der Waals surface area contributed by atoms with Gasteiger partial charge < -0.3 is 19.3 Å². The van der Waals surface area contributed by atoms with Gasteiger partial charge in [-0.1, -0.05) is 0 Å². The van der Waals surface area contributed by atoms with E-state index in [4.69, 9.17) is 9.47 Å². The summed E-state index contributed by atoms with van der Waals surface area (Å²) in [7, 11) is 2.14. The Morgan fingerprint density at radius 2 is 1.85 bits per heavy atom. The fourth-order valence-electron chi connectivity index (χ4n) is 2.31. The number of anilines is 1. The maximum atomic E-state index is 5.58. The Morgan fingerprint density at radius 1 is 1.15 bits per heavy atom. The van der Waals surface area contributed by atoms with Gasteiger partial charge in [0.2, 0.25) is 12.2 Å². The molecule has 0 unspecified atom stereocenters. The molecule has 0 N–H and O–H groups in total. The molecule has 0 aromatic carbocycles. The molecule has 2 aliphatic heterocycles. The van der Waals surface area contributed by atoms with Crippen LogP contribution in [0.5, 0.6) is 0 Å². The van der Waals surface area contributed by atoms with Gasteiger partial charge in [0.25, 0.3) is 0 Å². The second-order valence-corrected chi connectivity index (χ2v) is 5.00. The normalized spacial score (nSPS) is 21.6. The van der Waals surface area contributed by atoms with Crippen LogP contribution in [0.2, 0.25) is 0 Å². The van der Waals surface area contributed by atoms with Crippen molar-refractivity contribution < 1.29 is 9.47 Å². The molecule has 1 aromatic heterocycles. The lowest BCUT2D eigenvalue weighted by Crippen LogP contribution is -2.45. The van der Waals surface area contributed by atoms with Crippen LogP contribution in [0.1, 0.15) is 18.4 Å². The molecule has 0 atom stereocenters. The third-order valence-corrected chi connectivity index (χ3v) is 3.52. The lowest BCUT2D eigenvalue weighted by atomic mass is 10.3. The molecule has 20 heavy (non-hydrogen) atoms. The number of aromatic nitrogens is 2. The Morgan fingerprint density at radius 3 is 2.55 bits per heavy atom. The van der Waals surface area contributed by atoms with Crippen LogP contribution in [0.3, 0.4) is 0 Å². The molecular weight excluding hydrogens is 324 g/mol. The molecule has 3 rings (SSSR count). The van der Waals surface area contributed by atoms with E-state index in [1.54, 1.807) is 6.20 Å². The Balaban J connectivity index is 0.00000147. The smallest absolute Gasteiger partial charge is 0.225 e. The summed E-state index contributed by atoms with van der Waals surface area (Å²) in [4.78, 5) is 13.5. The van der Waals surface area contributed by atoms with Crippen LogP contribution in [0.4, 0.5) is 5.95 Å². The van der Waals surface area contributed by atoms with E-state index >= 15 is 0 Å². The van der Waals surface area contributed by atoms with Gasteiger partial charge in [0, 0.05) is 32.4 Å². The number of hydrogen-bond acceptors (Lipinski definition) is 6. The first-order chi connectivity index (χ1) is 9.33. The number of piperazine rings is 1. The molecule has 0 radical (unpaired) electrons. The van der Waals surface area contributed by atoms with Crippen molar-refractivity contribution in [2.24, 2.45) is 0 Å². The van der Waals surface area contributed by atoms with E-state index < -0.39 is 0 Å². The van der Waals surface area contributed by atoms with Gasteiger partial charge in [-0.25, -0.2) is 9.97 Å². The van der Waals surface area contributed by atoms with Crippen LogP contribution >= 0.6 is 17.0 Å². The lowest BCUT2D eigenvalue weighted by Gasteiger charge is -2.32. The Labute approximate surface area is 129 Å². The summed E-state index contributed by atoms with van der Waals surface area (Å²) in [6.07, 6.45) is 2.41. The standard InChI is InChI=1S/C13H20N4O2.BrH/c1-16-5-7-17(8-6-16)13-14-4-3-11(15-13)12-18-9-2-10-19-12;/h3-4,12H,2,5-10H2,1H3;1H. The summed E-state index contributed by atoms with van der Waals surface area (Å²) >= 11 is 0. The second-order valence-electron chi connectivity index (χ2n) is 5.00. The zero-order valence-electron chi connectivity index (χ0n) is 11.7. The predicted octanol–water partition coefficient (Wildman–Crippen LogP) is 1.24. The van der Waals surface area contributed by atoms with Gasteiger partial charge in [-0.05, 0) is 19.5 Å². The van der Waals surface area contributed by atoms with Crippen LogP contribution in [0.25, 0.3) is 0 Å². The molecule has 112 valence electrons. The molecule has 6 nitrogen and oxygen atoms in total. The van der Waals surface area contributed by atoms with E-state index in [2.05, 4.69) is 26.8 Å². The second kappa shape index (κ2) is 7.31. The lowest BCUT2D eigenvalue weighted by molar-refractivity contribution is -0.185. The van der Waals surface area contributed by atoms with Crippen molar-refractivity contribution in [2.75, 3.05) is 51.3 Å². The van der Waals surface area contributed by atoms with Crippen LogP contribution in [0, 0.1) is 0 Å². The molecule has 0 amide bonds. The van der Waals surface area contributed by atoms with Gasteiger partial charge >= 0.3 is 0 Å². The van der Waals surface area contributed by atoms with Gasteiger partial charge in [0.05, 0.1) is 13.2 Å². The van der Waals surface area contributed by atoms with Gasteiger partial charge in [-0.2, -0.15) is 0 Å². The summed E-state index contributed by atoms with van der Waals surface area (Å²) in [6, 6.07) is 1.87. The summed E-state index contributed by atoms with van der Waals surface area (Å²) in [6.45, 7) is 5.49. The predicted molar refractivity (Wildman–Crippen MR) is 81.3 cm³/mol. The zero-order valence-corrected chi connectivity index (χ0v) is 13.4. The summed E-state index contributed by atoms with van der Waals surface area (Å²) in [5, 5.41) is 0. The number of likely N-dealkylation sites (N-methyl/N-ethyl adjacent to an activating group) is 1. The van der Waals surface area contributed by atoms with Crippen LogP contribution in [-0.4, -0.2) is 61.3 Å². The van der Waals surface area contributed by atoms with Crippen molar-refractivity contribution in [1.82, 2.24) is 14.9 Å². The van der Waals surface area contributed by atoms with Gasteiger partial charge in [-0.15, -0.1) is 17.0 Å². The quantitative estimate of drug-likeness (QED) is 0.804. The van der Waals surface area contributed by atoms with E-state index in [9.17, 15) is 0 Å². The zero-order chi connectivity index (χ0) is 13.1. The molecule has 1 aromatic rings. The Kier molecular flexibility index (Phi) is 5.71. The van der Waals surface area contributed by atoms with Crippen molar-refractivity contribution in [1.29, 1.82) is 0 Å². The number of hydrogen-bond donors (Lipinski definition) is 0. The minimum absolute atomic E-state index is 0. The highest BCUT2D eigenvalue weighted by atomic mass is 79.9. The monoisotopic (exact) mass is 344 g/mol. The minimum Gasteiger partial charge on any atom is -0.347 e. The van der Waals surface area contributed by atoms with Crippen molar-refractivity contribution in [3.8, 4) is 0 Å². The number of rotatable bonds is 2. The number of halogens is 1. The summed E-state index contributed by atoms with van der Waals surface area (Å²) in [5.74, 6) is 0.781. The van der Waals surface area contributed by atoms with E-state index in [-0.39, 0.29) is 23.3 Å². The van der Waals surface area contributed by atoms with Crippen LogP contribution in [0.15, 0.2) is 12.3 Å². The van der Waals surface area contributed by atoms with Crippen LogP contribution < -0.4 is 4.90 Å². The minimum atomic E-state index is -0.331. The molecule has 3 heterocycles. The van der Waals surface area contributed by atoms with E-state index in [0.717, 1.165) is 57.5 Å². The van der Waals surface area contributed by atoms with Crippen molar-refractivity contribution in [2.45, 2.75) is 12.7 Å². The molecular formula is C13H21BrN4O2. The Hall–Kier alpha value is -0.760. The molecule has 0 aliphatic carbocycles. The van der Waals surface area contributed by atoms with E-state index in [0.29, 0.717) is 0 Å². The molecule has 2 aliphatic rings. The first-order valence-corrected chi connectivity index (χ1v) is 6.82. The summed E-state index contributed by atoms with van der Waals surface area (Å²) < 4.78 is 11.2. The number of nitrogens with zero attached hydrogens (tertiary/aromatic N) is 4. The molecule has 0 saturated carbocycles. The van der Waals surface area contributed by atoms with Gasteiger partial charge in [0.1, 0.15) is 5.69 Å². The third kappa shape index (κ3) is 3.66. The molecule has 2 saturated heterocycles. The molecule has 0 spiro atoms. The van der Waals surface area contributed by atoms with Crippen molar-refractivity contribution in [3.63, 3.8) is 0 Å². The molecule has 7 heteroatoms. The maximum absolute atomic E-state index is 5.58. The largest absolute Gasteiger partial charge is 0.347 e. The Bertz CT molecular complexity index is 421. The first kappa shape index (κ1) is 15.6. The molecule has 0 bridgehead atoms. The number of ether oxygens (including phenoxy) is 2. The molecule has 2 fully saturated rings. The average molecular weight is 345 g/mol. The fraction of sp³-hybridized carbons (Fsp3) is 0.692.